The van der Waals surface area contributed by atoms with Crippen molar-refractivity contribution in [1.82, 2.24) is 9.88 Å². The highest BCUT2D eigenvalue weighted by atomic mass is 16.3. The van der Waals surface area contributed by atoms with Gasteiger partial charge in [0.05, 0.1) is 12.5 Å². The first kappa shape index (κ1) is 16.3. The van der Waals surface area contributed by atoms with E-state index < -0.39 is 6.10 Å². The van der Waals surface area contributed by atoms with Crippen molar-refractivity contribution in [3.8, 4) is 0 Å². The van der Waals surface area contributed by atoms with Crippen LogP contribution >= 0.6 is 0 Å². The highest BCUT2D eigenvalue weighted by Crippen LogP contribution is 2.21. The summed E-state index contributed by atoms with van der Waals surface area (Å²) in [6.07, 6.45) is 1.67. The lowest BCUT2D eigenvalue weighted by Gasteiger charge is -2.12. The molecular formula is C20H22N2O2. The molecule has 3 aromatic rings. The number of carbonyl (C=O) groups excluding carboxylic acids is 1. The molecule has 1 unspecified atom stereocenters. The number of aliphatic hydroxyl groups is 1. The number of hydrogen-bond acceptors (Lipinski definition) is 2. The van der Waals surface area contributed by atoms with Crippen molar-refractivity contribution in [2.45, 2.75) is 26.0 Å². The Labute approximate surface area is 141 Å². The van der Waals surface area contributed by atoms with E-state index in [-0.39, 0.29) is 12.5 Å². The van der Waals surface area contributed by atoms with Crippen LogP contribution in [0.1, 0.15) is 24.2 Å². The number of nitrogens with zero attached hydrogens (tertiary/aromatic N) is 1. The second-order valence-corrected chi connectivity index (χ2v) is 5.86. The minimum atomic E-state index is -0.688. The smallest absolute Gasteiger partial charge is 0.224 e. The molecule has 124 valence electrons. The standard InChI is InChI=1S/C20H22N2O2/c1-2-22-14-16(17-10-6-7-11-18(17)22)12-20(24)21-13-19(23)15-8-4-3-5-9-15/h3-11,14,19,23H,2,12-13H2,1H3,(H,21,24). The van der Waals surface area contributed by atoms with Crippen molar-refractivity contribution in [1.29, 1.82) is 0 Å². The third kappa shape index (κ3) is 3.49. The molecule has 1 aromatic heterocycles. The summed E-state index contributed by atoms with van der Waals surface area (Å²) in [5.41, 5.74) is 2.96. The van der Waals surface area contributed by atoms with Gasteiger partial charge in [-0.1, -0.05) is 48.5 Å². The van der Waals surface area contributed by atoms with Crippen LogP contribution in [0.15, 0.2) is 60.8 Å². The van der Waals surface area contributed by atoms with Gasteiger partial charge in [0.15, 0.2) is 0 Å². The molecule has 3 rings (SSSR count). The van der Waals surface area contributed by atoms with Crippen LogP contribution in [0.25, 0.3) is 10.9 Å². The summed E-state index contributed by atoms with van der Waals surface area (Å²) in [5.74, 6) is -0.0796. The van der Waals surface area contributed by atoms with Crippen LogP contribution in [0, 0.1) is 0 Å². The van der Waals surface area contributed by atoms with E-state index in [1.165, 1.54) is 0 Å². The first-order valence-electron chi connectivity index (χ1n) is 8.25. The summed E-state index contributed by atoms with van der Waals surface area (Å²) in [4.78, 5) is 12.3. The average molecular weight is 322 g/mol. The summed E-state index contributed by atoms with van der Waals surface area (Å²) in [6.45, 7) is 3.18. The van der Waals surface area contributed by atoms with Crippen LogP contribution in [0.2, 0.25) is 0 Å². The van der Waals surface area contributed by atoms with E-state index in [1.54, 1.807) is 0 Å². The van der Waals surface area contributed by atoms with Gasteiger partial charge in [0.25, 0.3) is 0 Å². The number of amides is 1. The molecule has 0 aliphatic heterocycles. The fourth-order valence-electron chi connectivity index (χ4n) is 2.96. The number of hydrogen-bond donors (Lipinski definition) is 2. The molecule has 1 atom stereocenters. The molecule has 2 aromatic carbocycles. The molecule has 1 heterocycles. The van der Waals surface area contributed by atoms with E-state index in [4.69, 9.17) is 0 Å². The van der Waals surface area contributed by atoms with Gasteiger partial charge in [-0.15, -0.1) is 0 Å². The van der Waals surface area contributed by atoms with E-state index in [0.717, 1.165) is 28.6 Å². The van der Waals surface area contributed by atoms with Crippen molar-refractivity contribution < 1.29 is 9.90 Å². The highest BCUT2D eigenvalue weighted by molar-refractivity contribution is 5.89. The fraction of sp³-hybridized carbons (Fsp3) is 0.250. The normalized spacial score (nSPS) is 12.2. The average Bonchev–Trinajstić information content (AvgIpc) is 2.98. The van der Waals surface area contributed by atoms with Crippen LogP contribution in [0.5, 0.6) is 0 Å². The second kappa shape index (κ2) is 7.32. The Hall–Kier alpha value is -2.59. The zero-order valence-electron chi connectivity index (χ0n) is 13.8. The Bertz CT molecular complexity index is 824. The van der Waals surface area contributed by atoms with Crippen LogP contribution in [-0.2, 0) is 17.8 Å². The Balaban J connectivity index is 1.65. The number of aromatic nitrogens is 1. The van der Waals surface area contributed by atoms with Gasteiger partial charge in [-0.3, -0.25) is 4.79 Å². The van der Waals surface area contributed by atoms with Crippen molar-refractivity contribution in [3.05, 3.63) is 71.9 Å². The highest BCUT2D eigenvalue weighted by Gasteiger charge is 2.13. The number of aryl methyl sites for hydroxylation is 1. The van der Waals surface area contributed by atoms with Gasteiger partial charge < -0.3 is 15.0 Å². The zero-order chi connectivity index (χ0) is 16.9. The van der Waals surface area contributed by atoms with Gasteiger partial charge >= 0.3 is 0 Å². The molecule has 24 heavy (non-hydrogen) atoms. The van der Waals surface area contributed by atoms with Crippen LogP contribution < -0.4 is 5.32 Å². The summed E-state index contributed by atoms with van der Waals surface area (Å²) in [7, 11) is 0. The fourth-order valence-corrected chi connectivity index (χ4v) is 2.96. The molecule has 0 spiro atoms. The summed E-state index contributed by atoms with van der Waals surface area (Å²) in [5, 5.41) is 14.1. The lowest BCUT2D eigenvalue weighted by molar-refractivity contribution is -0.120. The minimum Gasteiger partial charge on any atom is -0.387 e. The topological polar surface area (TPSA) is 54.3 Å². The molecule has 4 nitrogen and oxygen atoms in total. The van der Waals surface area contributed by atoms with Gasteiger partial charge in [0, 0.05) is 30.2 Å². The van der Waals surface area contributed by atoms with E-state index in [9.17, 15) is 9.90 Å². The monoisotopic (exact) mass is 322 g/mol. The van der Waals surface area contributed by atoms with Gasteiger partial charge in [0.2, 0.25) is 5.91 Å². The van der Waals surface area contributed by atoms with Crippen molar-refractivity contribution >= 4 is 16.8 Å². The van der Waals surface area contributed by atoms with Crippen LogP contribution in [-0.4, -0.2) is 22.1 Å². The molecule has 1 amide bonds. The summed E-state index contributed by atoms with van der Waals surface area (Å²) in [6, 6.07) is 17.5. The predicted octanol–water partition coefficient (Wildman–Crippen LogP) is 3.05. The number of para-hydroxylation sites is 1. The Kier molecular flexibility index (Phi) is 4.96. The quantitative estimate of drug-likeness (QED) is 0.733. The molecular weight excluding hydrogens is 300 g/mol. The third-order valence-corrected chi connectivity index (χ3v) is 4.24. The number of rotatable bonds is 6. The maximum Gasteiger partial charge on any atom is 0.224 e. The Morgan fingerprint density at radius 1 is 1.12 bits per heavy atom. The second-order valence-electron chi connectivity index (χ2n) is 5.86. The molecule has 0 aliphatic carbocycles. The van der Waals surface area contributed by atoms with Crippen molar-refractivity contribution in [2.24, 2.45) is 0 Å². The third-order valence-electron chi connectivity index (χ3n) is 4.24. The number of benzene rings is 2. The van der Waals surface area contributed by atoms with Crippen LogP contribution in [0.4, 0.5) is 0 Å². The SMILES string of the molecule is CCn1cc(CC(=O)NCC(O)c2ccccc2)c2ccccc21. The molecule has 0 saturated carbocycles. The lowest BCUT2D eigenvalue weighted by Crippen LogP contribution is -2.29. The van der Waals surface area contributed by atoms with Crippen LogP contribution in [0.3, 0.4) is 0 Å². The number of nitrogens with one attached hydrogen (secondary N) is 1. The lowest BCUT2D eigenvalue weighted by atomic mass is 10.1. The summed E-state index contributed by atoms with van der Waals surface area (Å²) < 4.78 is 2.15. The minimum absolute atomic E-state index is 0.0796. The molecule has 0 radical (unpaired) electrons. The Morgan fingerprint density at radius 3 is 2.58 bits per heavy atom. The molecule has 2 N–H and O–H groups in total. The van der Waals surface area contributed by atoms with Crippen molar-refractivity contribution in [3.63, 3.8) is 0 Å². The van der Waals surface area contributed by atoms with Crippen molar-refractivity contribution in [2.75, 3.05) is 6.54 Å². The maximum atomic E-state index is 12.3. The number of fused-ring (bicyclic) bond motifs is 1. The summed E-state index contributed by atoms with van der Waals surface area (Å²) >= 11 is 0. The maximum absolute atomic E-state index is 12.3. The number of aliphatic hydroxyl groups excluding tert-OH is 1. The van der Waals surface area contributed by atoms with E-state index in [2.05, 4.69) is 22.9 Å². The number of carbonyl (C=O) groups is 1. The Morgan fingerprint density at radius 2 is 1.83 bits per heavy atom. The van der Waals surface area contributed by atoms with Gasteiger partial charge in [0.1, 0.15) is 0 Å². The molecule has 0 saturated heterocycles. The first-order chi connectivity index (χ1) is 11.7. The first-order valence-corrected chi connectivity index (χ1v) is 8.25. The van der Waals surface area contributed by atoms with Gasteiger partial charge in [-0.2, -0.15) is 0 Å². The van der Waals surface area contributed by atoms with Gasteiger partial charge in [-0.05, 0) is 24.1 Å². The van der Waals surface area contributed by atoms with Gasteiger partial charge in [-0.25, -0.2) is 0 Å². The molecule has 0 aliphatic rings. The molecule has 0 fully saturated rings. The predicted molar refractivity (Wildman–Crippen MR) is 95.7 cm³/mol. The molecule has 4 heteroatoms. The zero-order valence-corrected chi connectivity index (χ0v) is 13.8. The van der Waals surface area contributed by atoms with E-state index >= 15 is 0 Å². The molecule has 0 bridgehead atoms. The van der Waals surface area contributed by atoms with E-state index in [0.29, 0.717) is 6.42 Å². The largest absolute Gasteiger partial charge is 0.387 e. The van der Waals surface area contributed by atoms with E-state index in [1.807, 2.05) is 54.7 Å².